The summed E-state index contributed by atoms with van der Waals surface area (Å²) in [6, 6.07) is 5.15. The fourth-order valence-electron chi connectivity index (χ4n) is 1.22. The minimum absolute atomic E-state index is 0.416. The third-order valence-corrected chi connectivity index (χ3v) is 3.97. The second-order valence-corrected chi connectivity index (χ2v) is 6.42. The number of carbonyl (C=O) groups excluding carboxylic acids is 1. The van der Waals surface area contributed by atoms with Crippen molar-refractivity contribution < 1.29 is 13.2 Å². The summed E-state index contributed by atoms with van der Waals surface area (Å²) in [5, 5.41) is 1.41. The van der Waals surface area contributed by atoms with E-state index >= 15 is 0 Å². The number of anilines is 2. The predicted octanol–water partition coefficient (Wildman–Crippen LogP) is 0.949. The molecule has 0 aromatic heterocycles. The number of carbonyl (C=O) groups is 1. The highest BCUT2D eigenvalue weighted by Gasteiger charge is 2.23. The molecule has 0 radical (unpaired) electrons. The Bertz CT molecular complexity index is 538. The lowest BCUT2D eigenvalue weighted by Gasteiger charge is -2.12. The lowest BCUT2D eigenvalue weighted by atomic mass is 10.2. The molecule has 0 saturated heterocycles. The smallest absolute Gasteiger partial charge is 0.242 e. The molecular weight excluding hydrogens is 240 g/mol. The lowest BCUT2D eigenvalue weighted by Crippen LogP contribution is -2.32. The van der Waals surface area contributed by atoms with E-state index in [0.717, 1.165) is 11.8 Å². The second-order valence-electron chi connectivity index (χ2n) is 4.05. The summed E-state index contributed by atoms with van der Waals surface area (Å²) in [6.07, 6.45) is 1.02. The van der Waals surface area contributed by atoms with E-state index in [9.17, 15) is 13.2 Å². The molecule has 1 aromatic carbocycles. The van der Waals surface area contributed by atoms with Gasteiger partial charge in [-0.25, -0.2) is 8.42 Å². The molecule has 3 N–H and O–H groups in total. The quantitative estimate of drug-likeness (QED) is 0.788. The molecule has 94 valence electrons. The SMILES string of the molecule is Cc1ccc(NC(=O)C(C)S(C)(=O)=O)c(N)c1. The number of amides is 1. The van der Waals surface area contributed by atoms with Crippen LogP contribution >= 0.6 is 0 Å². The Labute approximate surface area is 101 Å². The van der Waals surface area contributed by atoms with Crippen LogP contribution in [0.2, 0.25) is 0 Å². The number of nitrogens with two attached hydrogens (primary N) is 1. The molecule has 0 heterocycles. The van der Waals surface area contributed by atoms with Gasteiger partial charge in [-0.15, -0.1) is 0 Å². The van der Waals surface area contributed by atoms with Crippen molar-refractivity contribution in [3.05, 3.63) is 23.8 Å². The van der Waals surface area contributed by atoms with Gasteiger partial charge < -0.3 is 11.1 Å². The van der Waals surface area contributed by atoms with Crippen molar-refractivity contribution in [2.75, 3.05) is 17.3 Å². The molecule has 1 atom stereocenters. The van der Waals surface area contributed by atoms with Crippen LogP contribution in [-0.4, -0.2) is 25.8 Å². The fraction of sp³-hybridized carbons (Fsp3) is 0.364. The van der Waals surface area contributed by atoms with Gasteiger partial charge in [-0.2, -0.15) is 0 Å². The van der Waals surface area contributed by atoms with Gasteiger partial charge in [-0.05, 0) is 31.5 Å². The first-order valence-electron chi connectivity index (χ1n) is 5.07. The Balaban J connectivity index is 2.89. The molecule has 1 amide bonds. The number of hydrogen-bond donors (Lipinski definition) is 2. The monoisotopic (exact) mass is 256 g/mol. The van der Waals surface area contributed by atoms with Crippen molar-refractivity contribution in [3.63, 3.8) is 0 Å². The maximum absolute atomic E-state index is 11.7. The molecule has 17 heavy (non-hydrogen) atoms. The maximum Gasteiger partial charge on any atom is 0.242 e. The number of hydrogen-bond acceptors (Lipinski definition) is 4. The number of aryl methyl sites for hydroxylation is 1. The minimum Gasteiger partial charge on any atom is -0.397 e. The Morgan fingerprint density at radius 2 is 2.00 bits per heavy atom. The van der Waals surface area contributed by atoms with Gasteiger partial charge in [0.15, 0.2) is 9.84 Å². The van der Waals surface area contributed by atoms with Gasteiger partial charge in [0.25, 0.3) is 0 Å². The number of sulfone groups is 1. The van der Waals surface area contributed by atoms with E-state index in [-0.39, 0.29) is 0 Å². The summed E-state index contributed by atoms with van der Waals surface area (Å²) in [4.78, 5) is 11.7. The van der Waals surface area contributed by atoms with Crippen LogP contribution in [0.1, 0.15) is 12.5 Å². The van der Waals surface area contributed by atoms with E-state index in [2.05, 4.69) is 5.32 Å². The summed E-state index contributed by atoms with van der Waals surface area (Å²) >= 11 is 0. The predicted molar refractivity (Wildman–Crippen MR) is 68.5 cm³/mol. The van der Waals surface area contributed by atoms with Crippen LogP contribution in [-0.2, 0) is 14.6 Å². The summed E-state index contributed by atoms with van der Waals surface area (Å²) in [5.74, 6) is -0.581. The zero-order chi connectivity index (χ0) is 13.2. The van der Waals surface area contributed by atoms with Crippen LogP contribution < -0.4 is 11.1 Å². The Hall–Kier alpha value is -1.56. The lowest BCUT2D eigenvalue weighted by molar-refractivity contribution is -0.115. The van der Waals surface area contributed by atoms with E-state index < -0.39 is 21.0 Å². The summed E-state index contributed by atoms with van der Waals surface area (Å²) < 4.78 is 22.4. The molecular formula is C11H16N2O3S. The van der Waals surface area contributed by atoms with Crippen LogP contribution in [0.3, 0.4) is 0 Å². The van der Waals surface area contributed by atoms with Crippen LogP contribution in [0.5, 0.6) is 0 Å². The molecule has 0 fully saturated rings. The second kappa shape index (κ2) is 4.75. The van der Waals surface area contributed by atoms with Crippen molar-refractivity contribution in [1.29, 1.82) is 0 Å². The van der Waals surface area contributed by atoms with Crippen LogP contribution in [0.15, 0.2) is 18.2 Å². The first-order chi connectivity index (χ1) is 7.71. The largest absolute Gasteiger partial charge is 0.397 e. The zero-order valence-corrected chi connectivity index (χ0v) is 10.8. The third kappa shape index (κ3) is 3.45. The van der Waals surface area contributed by atoms with E-state index in [4.69, 9.17) is 5.73 Å². The molecule has 6 heteroatoms. The normalized spacial score (nSPS) is 13.1. The van der Waals surface area contributed by atoms with E-state index in [1.54, 1.807) is 18.2 Å². The molecule has 1 aromatic rings. The van der Waals surface area contributed by atoms with E-state index in [1.165, 1.54) is 6.92 Å². The van der Waals surface area contributed by atoms with Gasteiger partial charge in [-0.1, -0.05) is 6.07 Å². The van der Waals surface area contributed by atoms with Crippen molar-refractivity contribution in [2.45, 2.75) is 19.1 Å². The van der Waals surface area contributed by atoms with Crippen LogP contribution in [0, 0.1) is 6.92 Å². The highest BCUT2D eigenvalue weighted by atomic mass is 32.2. The molecule has 1 rings (SSSR count). The summed E-state index contributed by atoms with van der Waals surface area (Å²) in [7, 11) is -3.40. The Morgan fingerprint density at radius 3 is 2.47 bits per heavy atom. The molecule has 0 aliphatic heterocycles. The van der Waals surface area contributed by atoms with Crippen LogP contribution in [0.4, 0.5) is 11.4 Å². The van der Waals surface area contributed by atoms with Gasteiger partial charge >= 0.3 is 0 Å². The highest BCUT2D eigenvalue weighted by molar-refractivity contribution is 7.92. The molecule has 0 aliphatic carbocycles. The van der Waals surface area contributed by atoms with Crippen molar-refractivity contribution in [3.8, 4) is 0 Å². The fourth-order valence-corrected chi connectivity index (χ4v) is 1.67. The average molecular weight is 256 g/mol. The Morgan fingerprint density at radius 1 is 1.41 bits per heavy atom. The van der Waals surface area contributed by atoms with Crippen molar-refractivity contribution in [1.82, 2.24) is 0 Å². The van der Waals surface area contributed by atoms with E-state index in [1.807, 2.05) is 6.92 Å². The van der Waals surface area contributed by atoms with Gasteiger partial charge in [0.1, 0.15) is 5.25 Å². The number of benzene rings is 1. The third-order valence-electron chi connectivity index (χ3n) is 2.48. The molecule has 1 unspecified atom stereocenters. The molecule has 0 bridgehead atoms. The Kier molecular flexibility index (Phi) is 3.77. The summed E-state index contributed by atoms with van der Waals surface area (Å²) in [5.41, 5.74) is 7.53. The average Bonchev–Trinajstić information content (AvgIpc) is 2.19. The van der Waals surface area contributed by atoms with Crippen molar-refractivity contribution in [2.24, 2.45) is 0 Å². The highest BCUT2D eigenvalue weighted by Crippen LogP contribution is 2.20. The standard InChI is InChI=1S/C11H16N2O3S/c1-7-4-5-10(9(12)6-7)13-11(14)8(2)17(3,15)16/h4-6,8H,12H2,1-3H3,(H,13,14). The van der Waals surface area contributed by atoms with Gasteiger partial charge in [0.05, 0.1) is 11.4 Å². The minimum atomic E-state index is -3.40. The van der Waals surface area contributed by atoms with Gasteiger partial charge in [0, 0.05) is 6.26 Å². The zero-order valence-electron chi connectivity index (χ0n) is 10.0. The molecule has 0 spiro atoms. The van der Waals surface area contributed by atoms with Gasteiger partial charge in [0.2, 0.25) is 5.91 Å². The van der Waals surface area contributed by atoms with Crippen molar-refractivity contribution >= 4 is 27.1 Å². The number of nitrogen functional groups attached to an aromatic ring is 1. The maximum atomic E-state index is 11.7. The molecule has 0 saturated carbocycles. The van der Waals surface area contributed by atoms with E-state index in [0.29, 0.717) is 11.4 Å². The molecule has 0 aliphatic rings. The topological polar surface area (TPSA) is 89.3 Å². The first-order valence-corrected chi connectivity index (χ1v) is 7.03. The number of nitrogens with one attached hydrogen (secondary N) is 1. The number of rotatable bonds is 3. The molecule has 5 nitrogen and oxygen atoms in total. The first kappa shape index (κ1) is 13.5. The van der Waals surface area contributed by atoms with Gasteiger partial charge in [-0.3, -0.25) is 4.79 Å². The van der Waals surface area contributed by atoms with Crippen LogP contribution in [0.25, 0.3) is 0 Å². The summed E-state index contributed by atoms with van der Waals surface area (Å²) in [6.45, 7) is 3.22.